The number of carbonyl (C=O) groups is 2. The van der Waals surface area contributed by atoms with E-state index in [0.717, 1.165) is 31.5 Å². The molecule has 0 amide bonds. The molecule has 0 radical (unpaired) electrons. The first kappa shape index (κ1) is 13.5. The highest BCUT2D eigenvalue weighted by Gasteiger charge is 2.40. The summed E-state index contributed by atoms with van der Waals surface area (Å²) in [6, 6.07) is 8.43. The predicted octanol–water partition coefficient (Wildman–Crippen LogP) is 1.61. The van der Waals surface area contributed by atoms with Gasteiger partial charge in [0.1, 0.15) is 0 Å². The number of likely N-dealkylation sites (tertiary alicyclic amines) is 1. The molecule has 0 spiro atoms. The number of aliphatic carboxylic acids is 2. The Labute approximate surface area is 111 Å². The van der Waals surface area contributed by atoms with Crippen molar-refractivity contribution in [3.05, 3.63) is 35.9 Å². The molecular weight excluding hydrogens is 246 g/mol. The highest BCUT2D eigenvalue weighted by molar-refractivity contribution is 5.94. The van der Waals surface area contributed by atoms with Crippen LogP contribution >= 0.6 is 0 Å². The molecule has 2 N–H and O–H groups in total. The minimum atomic E-state index is -1.43. The van der Waals surface area contributed by atoms with Gasteiger partial charge < -0.3 is 10.2 Å². The first-order valence-electron chi connectivity index (χ1n) is 6.36. The lowest BCUT2D eigenvalue weighted by Gasteiger charge is -2.30. The summed E-state index contributed by atoms with van der Waals surface area (Å²) in [7, 11) is 0. The molecule has 1 aromatic rings. The third-order valence-electron chi connectivity index (χ3n) is 3.52. The number of carboxylic acids is 2. The second-order valence-corrected chi connectivity index (χ2v) is 4.75. The molecule has 102 valence electrons. The Morgan fingerprint density at radius 1 is 1.00 bits per heavy atom. The van der Waals surface area contributed by atoms with Gasteiger partial charge in [-0.3, -0.25) is 14.5 Å². The van der Waals surface area contributed by atoms with E-state index in [4.69, 9.17) is 0 Å². The van der Waals surface area contributed by atoms with E-state index in [9.17, 15) is 19.8 Å². The van der Waals surface area contributed by atoms with Crippen LogP contribution < -0.4 is 0 Å². The van der Waals surface area contributed by atoms with Gasteiger partial charge in [0.2, 0.25) is 0 Å². The molecule has 0 bridgehead atoms. The first-order valence-corrected chi connectivity index (χ1v) is 6.36. The average Bonchev–Trinajstić information content (AvgIpc) is 2.89. The number of carboxylic acid groups (broad SMARTS) is 2. The normalized spacial score (nSPS) is 17.5. The molecule has 1 aliphatic rings. The fraction of sp³-hybridized carbons (Fsp3) is 0.429. The molecule has 5 nitrogen and oxygen atoms in total. The Hall–Kier alpha value is -1.88. The van der Waals surface area contributed by atoms with Crippen molar-refractivity contribution in [1.29, 1.82) is 0 Å². The third kappa shape index (κ3) is 2.93. The second kappa shape index (κ2) is 5.84. The molecule has 5 heteroatoms. The van der Waals surface area contributed by atoms with Crippen molar-refractivity contribution in [2.75, 3.05) is 13.1 Å². The molecule has 0 saturated carbocycles. The zero-order chi connectivity index (χ0) is 13.8. The van der Waals surface area contributed by atoms with Gasteiger partial charge in [-0.15, -0.1) is 0 Å². The van der Waals surface area contributed by atoms with Gasteiger partial charge >= 0.3 is 11.9 Å². The second-order valence-electron chi connectivity index (χ2n) is 4.75. The van der Waals surface area contributed by atoms with Gasteiger partial charge in [-0.2, -0.15) is 0 Å². The molecule has 1 fully saturated rings. The lowest BCUT2D eigenvalue weighted by atomic mass is 9.91. The summed E-state index contributed by atoms with van der Waals surface area (Å²) in [5, 5.41) is 18.5. The van der Waals surface area contributed by atoms with Crippen molar-refractivity contribution in [3.8, 4) is 0 Å². The Kier molecular flexibility index (Phi) is 4.16. The Balaban J connectivity index is 2.38. The van der Waals surface area contributed by atoms with Crippen LogP contribution in [-0.4, -0.2) is 40.1 Å². The minimum Gasteiger partial charge on any atom is -0.481 e. The van der Waals surface area contributed by atoms with Gasteiger partial charge in [-0.05, 0) is 31.5 Å². The summed E-state index contributed by atoms with van der Waals surface area (Å²) >= 11 is 0. The van der Waals surface area contributed by atoms with Gasteiger partial charge in [0.15, 0.2) is 5.92 Å². The van der Waals surface area contributed by atoms with Gasteiger partial charge in [0, 0.05) is 0 Å². The van der Waals surface area contributed by atoms with Gasteiger partial charge in [0.05, 0.1) is 6.04 Å². The Bertz CT molecular complexity index is 440. The van der Waals surface area contributed by atoms with E-state index in [1.807, 2.05) is 11.0 Å². The Morgan fingerprint density at radius 2 is 1.53 bits per heavy atom. The van der Waals surface area contributed by atoms with Crippen molar-refractivity contribution in [3.63, 3.8) is 0 Å². The third-order valence-corrected chi connectivity index (χ3v) is 3.52. The lowest BCUT2D eigenvalue weighted by Crippen LogP contribution is -2.39. The Morgan fingerprint density at radius 3 is 2.00 bits per heavy atom. The van der Waals surface area contributed by atoms with Crippen LogP contribution in [0.3, 0.4) is 0 Å². The largest absolute Gasteiger partial charge is 0.481 e. The van der Waals surface area contributed by atoms with E-state index in [2.05, 4.69) is 0 Å². The fourth-order valence-corrected chi connectivity index (χ4v) is 2.66. The van der Waals surface area contributed by atoms with Gasteiger partial charge in [0.25, 0.3) is 0 Å². The zero-order valence-electron chi connectivity index (χ0n) is 10.5. The van der Waals surface area contributed by atoms with Gasteiger partial charge in [-0.1, -0.05) is 30.3 Å². The lowest BCUT2D eigenvalue weighted by molar-refractivity contribution is -0.158. The molecule has 2 rings (SSSR count). The first-order chi connectivity index (χ1) is 9.11. The van der Waals surface area contributed by atoms with Crippen LogP contribution in [0.4, 0.5) is 0 Å². The molecule has 1 unspecified atom stereocenters. The van der Waals surface area contributed by atoms with Crippen molar-refractivity contribution >= 4 is 11.9 Å². The van der Waals surface area contributed by atoms with Crippen LogP contribution in [0.5, 0.6) is 0 Å². The summed E-state index contributed by atoms with van der Waals surface area (Å²) in [5.74, 6) is -4.00. The predicted molar refractivity (Wildman–Crippen MR) is 68.8 cm³/mol. The summed E-state index contributed by atoms with van der Waals surface area (Å²) < 4.78 is 0. The van der Waals surface area contributed by atoms with Crippen molar-refractivity contribution in [2.45, 2.75) is 18.9 Å². The van der Waals surface area contributed by atoms with Crippen LogP contribution in [0.15, 0.2) is 30.3 Å². The number of rotatable bonds is 5. The maximum atomic E-state index is 11.3. The van der Waals surface area contributed by atoms with Crippen LogP contribution in [0.25, 0.3) is 0 Å². The summed E-state index contributed by atoms with van der Waals surface area (Å²) in [5.41, 5.74) is 0.749. The zero-order valence-corrected chi connectivity index (χ0v) is 10.5. The smallest absolute Gasteiger partial charge is 0.319 e. The standard InChI is InChI=1S/C14H17NO4/c16-13(17)11(14(18)19)12(15-8-4-5-9-15)10-6-2-1-3-7-10/h1-3,6-7,11-12H,4-5,8-9H2,(H,16,17)(H,18,19). The number of nitrogens with zero attached hydrogens (tertiary/aromatic N) is 1. The highest BCUT2D eigenvalue weighted by atomic mass is 16.4. The summed E-state index contributed by atoms with van der Waals surface area (Å²) in [6.45, 7) is 1.49. The quantitative estimate of drug-likeness (QED) is 0.789. The maximum absolute atomic E-state index is 11.3. The number of hydrogen-bond donors (Lipinski definition) is 2. The van der Waals surface area contributed by atoms with E-state index in [1.165, 1.54) is 0 Å². The minimum absolute atomic E-state index is 0.598. The van der Waals surface area contributed by atoms with Crippen LogP contribution in [0.2, 0.25) is 0 Å². The van der Waals surface area contributed by atoms with Crippen molar-refractivity contribution < 1.29 is 19.8 Å². The fourth-order valence-electron chi connectivity index (χ4n) is 2.66. The number of hydrogen-bond acceptors (Lipinski definition) is 3. The van der Waals surface area contributed by atoms with Crippen molar-refractivity contribution in [2.24, 2.45) is 5.92 Å². The molecule has 0 aromatic heterocycles. The molecule has 1 heterocycles. The molecule has 1 atom stereocenters. The van der Waals surface area contributed by atoms with Crippen LogP contribution in [0.1, 0.15) is 24.4 Å². The average molecular weight is 263 g/mol. The van der Waals surface area contributed by atoms with E-state index < -0.39 is 23.9 Å². The van der Waals surface area contributed by atoms with E-state index in [-0.39, 0.29) is 0 Å². The van der Waals surface area contributed by atoms with Crippen LogP contribution in [0, 0.1) is 5.92 Å². The number of benzene rings is 1. The highest BCUT2D eigenvalue weighted by Crippen LogP contribution is 2.32. The SMILES string of the molecule is O=C(O)C(C(=O)O)C(c1ccccc1)N1CCCC1. The molecule has 19 heavy (non-hydrogen) atoms. The molecular formula is C14H17NO4. The van der Waals surface area contributed by atoms with E-state index in [0.29, 0.717) is 0 Å². The monoisotopic (exact) mass is 263 g/mol. The van der Waals surface area contributed by atoms with Crippen molar-refractivity contribution in [1.82, 2.24) is 4.90 Å². The summed E-state index contributed by atoms with van der Waals surface area (Å²) in [4.78, 5) is 24.6. The van der Waals surface area contributed by atoms with E-state index >= 15 is 0 Å². The molecule has 1 saturated heterocycles. The van der Waals surface area contributed by atoms with E-state index in [1.54, 1.807) is 24.3 Å². The molecule has 1 aromatic carbocycles. The molecule has 0 aliphatic carbocycles. The van der Waals surface area contributed by atoms with Crippen LogP contribution in [-0.2, 0) is 9.59 Å². The summed E-state index contributed by atoms with van der Waals surface area (Å²) in [6.07, 6.45) is 1.96. The molecule has 1 aliphatic heterocycles. The topological polar surface area (TPSA) is 77.8 Å². The van der Waals surface area contributed by atoms with Gasteiger partial charge in [-0.25, -0.2) is 0 Å². The maximum Gasteiger partial charge on any atom is 0.319 e.